The van der Waals surface area contributed by atoms with Crippen LogP contribution in [-0.4, -0.2) is 63.6 Å². The number of esters is 2. The van der Waals surface area contributed by atoms with Gasteiger partial charge in [0.25, 0.3) is 0 Å². The maximum Gasteiger partial charge on any atom is 0.407 e. The summed E-state index contributed by atoms with van der Waals surface area (Å²) in [4.78, 5) is 46.5. The topological polar surface area (TPSA) is 129 Å². The number of carbonyl (C=O) groups is 4. The van der Waals surface area contributed by atoms with Crippen molar-refractivity contribution in [2.45, 2.75) is 46.0 Å². The van der Waals surface area contributed by atoms with Crippen LogP contribution in [-0.2, 0) is 28.5 Å². The highest BCUT2D eigenvalue weighted by molar-refractivity contribution is 5.87. The molecule has 4 atom stereocenters. The first-order valence-corrected chi connectivity index (χ1v) is 12.2. The van der Waals surface area contributed by atoms with Crippen LogP contribution in [0.2, 0.25) is 0 Å². The number of rotatable bonds is 14. The third-order valence-corrected chi connectivity index (χ3v) is 6.48. The summed E-state index contributed by atoms with van der Waals surface area (Å²) >= 11 is 0. The van der Waals surface area contributed by atoms with Gasteiger partial charge < -0.3 is 29.6 Å². The molecule has 10 heteroatoms. The van der Waals surface area contributed by atoms with Gasteiger partial charge in [0, 0.05) is 24.2 Å². The molecule has 4 unspecified atom stereocenters. The van der Waals surface area contributed by atoms with Gasteiger partial charge in [-0.25, -0.2) is 19.2 Å². The minimum atomic E-state index is -0.535. The predicted octanol–water partition coefficient (Wildman–Crippen LogP) is 3.12. The molecule has 0 heterocycles. The lowest BCUT2D eigenvalue weighted by molar-refractivity contribution is -0.140. The third kappa shape index (κ3) is 9.62. The van der Waals surface area contributed by atoms with Crippen LogP contribution < -0.4 is 10.6 Å². The molecule has 2 rings (SSSR count). The molecule has 2 amide bonds. The van der Waals surface area contributed by atoms with Gasteiger partial charge in [0.2, 0.25) is 0 Å². The molecule has 0 aliphatic heterocycles. The number of ether oxygens (including phenoxy) is 4. The van der Waals surface area contributed by atoms with Gasteiger partial charge in [0.1, 0.15) is 13.2 Å². The average molecular weight is 495 g/mol. The maximum absolute atomic E-state index is 12.0. The molecule has 2 aliphatic rings. The van der Waals surface area contributed by atoms with Gasteiger partial charge in [-0.05, 0) is 69.6 Å². The zero-order valence-corrected chi connectivity index (χ0v) is 20.8. The van der Waals surface area contributed by atoms with E-state index in [0.717, 1.165) is 19.3 Å². The van der Waals surface area contributed by atoms with E-state index >= 15 is 0 Å². The van der Waals surface area contributed by atoms with Crippen LogP contribution in [0, 0.1) is 23.7 Å². The summed E-state index contributed by atoms with van der Waals surface area (Å²) in [6.45, 7) is 11.7. The van der Waals surface area contributed by atoms with E-state index in [2.05, 4.69) is 23.8 Å². The highest BCUT2D eigenvalue weighted by atomic mass is 16.6. The largest absolute Gasteiger partial charge is 0.462 e. The van der Waals surface area contributed by atoms with E-state index in [0.29, 0.717) is 60.7 Å². The van der Waals surface area contributed by atoms with Crippen molar-refractivity contribution < 1.29 is 38.1 Å². The van der Waals surface area contributed by atoms with Gasteiger partial charge in [-0.3, -0.25) is 0 Å². The molecular weight excluding hydrogens is 456 g/mol. The van der Waals surface area contributed by atoms with E-state index in [-0.39, 0.29) is 26.4 Å². The first-order valence-electron chi connectivity index (χ1n) is 12.2. The Morgan fingerprint density at radius 3 is 1.89 bits per heavy atom. The molecule has 0 aromatic heterocycles. The van der Waals surface area contributed by atoms with Crippen LogP contribution in [0.1, 0.15) is 46.0 Å². The molecule has 2 N–H and O–H groups in total. The van der Waals surface area contributed by atoms with E-state index in [9.17, 15) is 19.2 Å². The van der Waals surface area contributed by atoms with Gasteiger partial charge in [-0.15, -0.1) is 0 Å². The molecule has 2 bridgehead atoms. The quantitative estimate of drug-likeness (QED) is 0.163. The predicted molar refractivity (Wildman–Crippen MR) is 127 cm³/mol. The van der Waals surface area contributed by atoms with Crippen molar-refractivity contribution in [2.75, 3.05) is 39.5 Å². The minimum Gasteiger partial charge on any atom is -0.462 e. The number of amides is 2. The molecule has 0 radical (unpaired) electrons. The van der Waals surface area contributed by atoms with Crippen molar-refractivity contribution >= 4 is 24.1 Å². The van der Waals surface area contributed by atoms with Gasteiger partial charge in [-0.1, -0.05) is 13.2 Å². The van der Waals surface area contributed by atoms with Crippen LogP contribution >= 0.6 is 0 Å². The Hall–Kier alpha value is -3.04. The Kier molecular flexibility index (Phi) is 11.6. The molecule has 0 saturated heterocycles. The smallest absolute Gasteiger partial charge is 0.407 e. The Bertz CT molecular complexity index is 796. The fourth-order valence-electron chi connectivity index (χ4n) is 4.75. The van der Waals surface area contributed by atoms with E-state index in [1.165, 1.54) is 0 Å². The zero-order chi connectivity index (χ0) is 25.8. The van der Waals surface area contributed by atoms with E-state index in [4.69, 9.17) is 18.9 Å². The molecular formula is C25H38N2O8. The molecule has 0 aromatic carbocycles. The van der Waals surface area contributed by atoms with Crippen molar-refractivity contribution in [3.05, 3.63) is 24.3 Å². The molecule has 10 nitrogen and oxygen atoms in total. The summed E-state index contributed by atoms with van der Waals surface area (Å²) in [6, 6.07) is 0. The molecule has 0 spiro atoms. The molecule has 2 saturated carbocycles. The fourth-order valence-corrected chi connectivity index (χ4v) is 4.75. The molecule has 2 fully saturated rings. The van der Waals surface area contributed by atoms with Crippen LogP contribution in [0.4, 0.5) is 9.59 Å². The standard InChI is InChI=1S/C25H38N2O8/c1-16(2)22(28)32-9-5-6-10-34-25(31)27-15-21-18-7-8-20(21)19(13-18)14-26-24(30)35-12-11-33-23(29)17(3)4/h18-21H,1,3,5-15H2,2,4H3,(H,26,30)(H,27,31). The Morgan fingerprint density at radius 1 is 0.743 bits per heavy atom. The summed E-state index contributed by atoms with van der Waals surface area (Å²) < 4.78 is 20.1. The summed E-state index contributed by atoms with van der Waals surface area (Å²) in [5, 5.41) is 5.66. The molecule has 0 aromatic rings. The number of fused-ring (bicyclic) bond motifs is 2. The van der Waals surface area contributed by atoms with Crippen molar-refractivity contribution in [1.29, 1.82) is 0 Å². The lowest BCUT2D eigenvalue weighted by Crippen LogP contribution is -2.35. The normalized spacial score (nSPS) is 22.1. The molecule has 196 valence electrons. The van der Waals surface area contributed by atoms with Crippen molar-refractivity contribution in [3.63, 3.8) is 0 Å². The summed E-state index contributed by atoms with van der Waals surface area (Å²) in [7, 11) is 0. The second-order valence-corrected chi connectivity index (χ2v) is 9.23. The van der Waals surface area contributed by atoms with Crippen LogP contribution in [0.25, 0.3) is 0 Å². The average Bonchev–Trinajstić information content (AvgIpc) is 3.37. The minimum absolute atomic E-state index is 0.0143. The first kappa shape index (κ1) is 28.2. The van der Waals surface area contributed by atoms with Gasteiger partial charge >= 0.3 is 24.1 Å². The van der Waals surface area contributed by atoms with E-state index in [1.54, 1.807) is 13.8 Å². The number of hydrogen-bond donors (Lipinski definition) is 2. The van der Waals surface area contributed by atoms with Crippen LogP contribution in [0.15, 0.2) is 24.3 Å². The fraction of sp³-hybridized carbons (Fsp3) is 0.680. The third-order valence-electron chi connectivity index (χ3n) is 6.48. The number of unbranched alkanes of at least 4 members (excludes halogenated alkanes) is 1. The lowest BCUT2D eigenvalue weighted by atomic mass is 9.88. The van der Waals surface area contributed by atoms with Crippen molar-refractivity contribution in [2.24, 2.45) is 23.7 Å². The number of hydrogen-bond acceptors (Lipinski definition) is 8. The van der Waals surface area contributed by atoms with E-state index < -0.39 is 24.1 Å². The van der Waals surface area contributed by atoms with E-state index in [1.807, 2.05) is 0 Å². The number of carbonyl (C=O) groups excluding carboxylic acids is 4. The summed E-state index contributed by atoms with van der Waals surface area (Å²) in [5.74, 6) is 0.733. The Labute approximate surface area is 206 Å². The SMILES string of the molecule is C=C(C)C(=O)OCCCCOC(=O)NCC1C2CCC1C(CNC(=O)OCCOC(=O)C(=C)C)C2. The lowest BCUT2D eigenvalue weighted by Gasteiger charge is -2.22. The van der Waals surface area contributed by atoms with Gasteiger partial charge in [0.15, 0.2) is 0 Å². The summed E-state index contributed by atoms with van der Waals surface area (Å²) in [6.07, 6.45) is 3.44. The monoisotopic (exact) mass is 494 g/mol. The number of nitrogens with one attached hydrogen (secondary N) is 2. The van der Waals surface area contributed by atoms with Gasteiger partial charge in [0.05, 0.1) is 13.2 Å². The second kappa shape index (κ2) is 14.4. The highest BCUT2D eigenvalue weighted by Gasteiger charge is 2.47. The first-order chi connectivity index (χ1) is 16.7. The molecule has 35 heavy (non-hydrogen) atoms. The molecule has 2 aliphatic carbocycles. The van der Waals surface area contributed by atoms with Crippen LogP contribution in [0.5, 0.6) is 0 Å². The van der Waals surface area contributed by atoms with Crippen molar-refractivity contribution in [1.82, 2.24) is 10.6 Å². The Morgan fingerprint density at radius 2 is 1.26 bits per heavy atom. The second-order valence-electron chi connectivity index (χ2n) is 9.23. The number of alkyl carbamates (subject to hydrolysis) is 2. The zero-order valence-electron chi connectivity index (χ0n) is 20.8. The van der Waals surface area contributed by atoms with Crippen molar-refractivity contribution in [3.8, 4) is 0 Å². The maximum atomic E-state index is 12.0. The highest BCUT2D eigenvalue weighted by Crippen LogP contribution is 2.52. The summed E-state index contributed by atoms with van der Waals surface area (Å²) in [5.41, 5.74) is 0.653. The van der Waals surface area contributed by atoms with Crippen LogP contribution in [0.3, 0.4) is 0 Å². The van der Waals surface area contributed by atoms with Gasteiger partial charge in [-0.2, -0.15) is 0 Å². The Balaban J connectivity index is 1.56.